The number of nitrogens with zero attached hydrogens (tertiary/aromatic N) is 2. The van der Waals surface area contributed by atoms with Crippen molar-refractivity contribution in [2.45, 2.75) is 0 Å². The quantitative estimate of drug-likeness (QED) is 0.149. The number of anilines is 3. The molecule has 0 spiro atoms. The van der Waals surface area contributed by atoms with Gasteiger partial charge in [-0.25, -0.2) is 0 Å². The Bertz CT molecular complexity index is 2680. The lowest BCUT2D eigenvalue weighted by atomic mass is 9.37. The van der Waals surface area contributed by atoms with E-state index in [-0.39, 0.29) is 6.71 Å². The van der Waals surface area contributed by atoms with E-state index in [2.05, 4.69) is 132 Å². The van der Waals surface area contributed by atoms with Crippen molar-refractivity contribution in [2.75, 3.05) is 4.90 Å². The molecule has 0 unspecified atom stereocenters. The van der Waals surface area contributed by atoms with Gasteiger partial charge in [-0.1, -0.05) is 103 Å². The van der Waals surface area contributed by atoms with Gasteiger partial charge < -0.3 is 4.90 Å². The van der Waals surface area contributed by atoms with Gasteiger partial charge in [-0.2, -0.15) is 0 Å². The Balaban J connectivity index is 1.28. The fraction of sp³-hybridized carbons (Fsp3) is 0. The smallest absolute Gasteiger partial charge is 0.248 e. The van der Waals surface area contributed by atoms with Crippen molar-refractivity contribution < 1.29 is 0 Å². The summed E-state index contributed by atoms with van der Waals surface area (Å²) >= 11 is 0. The van der Waals surface area contributed by atoms with Crippen LogP contribution in [0.1, 0.15) is 0 Å². The van der Waals surface area contributed by atoms with E-state index in [4.69, 9.17) is 4.98 Å². The maximum absolute atomic E-state index is 4.76. The Morgan fingerprint density at radius 2 is 1.18 bits per heavy atom. The van der Waals surface area contributed by atoms with Crippen LogP contribution in [0.3, 0.4) is 0 Å². The van der Waals surface area contributed by atoms with Gasteiger partial charge >= 0.3 is 0 Å². The highest BCUT2D eigenvalue weighted by molar-refractivity contribution is 7.01. The Labute approximate surface area is 254 Å². The highest BCUT2D eigenvalue weighted by Gasteiger charge is 2.43. The number of aromatic nitrogens is 1. The van der Waals surface area contributed by atoms with Crippen LogP contribution in [0.2, 0.25) is 0 Å². The third-order valence-electron chi connectivity index (χ3n) is 10.2. The van der Waals surface area contributed by atoms with Crippen molar-refractivity contribution in [2.24, 2.45) is 0 Å². The third-order valence-corrected chi connectivity index (χ3v) is 10.2. The number of rotatable bonds is 1. The van der Waals surface area contributed by atoms with Crippen LogP contribution in [-0.2, 0) is 0 Å². The molecule has 0 fully saturated rings. The number of pyridine rings is 1. The maximum atomic E-state index is 4.76. The van der Waals surface area contributed by atoms with Crippen LogP contribution in [0, 0.1) is 0 Å². The lowest BCUT2D eigenvalue weighted by Gasteiger charge is -2.37. The first-order chi connectivity index (χ1) is 21.8. The normalized spacial score (nSPS) is 13.4. The number of hydrogen-bond donors (Lipinski definition) is 0. The maximum Gasteiger partial charge on any atom is 0.248 e. The fourth-order valence-corrected chi connectivity index (χ4v) is 8.35. The molecule has 3 heterocycles. The zero-order chi connectivity index (χ0) is 28.5. The lowest BCUT2D eigenvalue weighted by molar-refractivity contribution is 1.32. The van der Waals surface area contributed by atoms with Crippen molar-refractivity contribution in [3.8, 4) is 11.1 Å². The second kappa shape index (κ2) is 8.03. The minimum absolute atomic E-state index is 0.151. The zero-order valence-corrected chi connectivity index (χ0v) is 23.8. The van der Waals surface area contributed by atoms with Crippen molar-refractivity contribution in [3.63, 3.8) is 0 Å². The summed E-state index contributed by atoms with van der Waals surface area (Å²) in [4.78, 5) is 7.31. The van der Waals surface area contributed by atoms with E-state index in [9.17, 15) is 0 Å². The predicted octanol–water partition coefficient (Wildman–Crippen LogP) is 8.57. The number of benzene rings is 8. The molecule has 0 N–H and O–H groups in total. The highest BCUT2D eigenvalue weighted by Crippen LogP contribution is 2.46. The first-order valence-electron chi connectivity index (χ1n) is 15.3. The molecule has 200 valence electrons. The molecule has 9 aromatic rings. The van der Waals surface area contributed by atoms with Gasteiger partial charge in [0.1, 0.15) is 0 Å². The van der Waals surface area contributed by atoms with E-state index in [1.54, 1.807) is 0 Å². The van der Waals surface area contributed by atoms with Crippen molar-refractivity contribution in [3.05, 3.63) is 140 Å². The van der Waals surface area contributed by atoms with E-state index < -0.39 is 0 Å². The number of fused-ring (bicyclic) bond motifs is 7. The third kappa shape index (κ3) is 2.80. The van der Waals surface area contributed by atoms with Gasteiger partial charge in [0.05, 0.1) is 11.2 Å². The average Bonchev–Trinajstić information content (AvgIpc) is 3.40. The van der Waals surface area contributed by atoms with Crippen LogP contribution in [0.4, 0.5) is 17.1 Å². The molecular weight excluding hydrogens is 531 g/mol. The predicted molar refractivity (Wildman–Crippen MR) is 188 cm³/mol. The minimum Gasteiger partial charge on any atom is -0.311 e. The largest absolute Gasteiger partial charge is 0.311 e. The van der Waals surface area contributed by atoms with Crippen LogP contribution in [0.15, 0.2) is 140 Å². The van der Waals surface area contributed by atoms with Crippen LogP contribution >= 0.6 is 0 Å². The fourth-order valence-electron chi connectivity index (χ4n) is 8.35. The molecule has 0 saturated carbocycles. The first kappa shape index (κ1) is 22.9. The van der Waals surface area contributed by atoms with E-state index in [1.807, 2.05) is 12.3 Å². The number of hydrogen-bond acceptors (Lipinski definition) is 2. The SMILES string of the molecule is c1cc2c3c(c1)N(c1ccc4ccc5cccc6ccc1c4c56)c1cc4ccccc4cc1B3c1cc3ncccc3cc1-2. The summed E-state index contributed by atoms with van der Waals surface area (Å²) in [5, 5.41) is 11.6. The van der Waals surface area contributed by atoms with Crippen LogP contribution in [-0.4, -0.2) is 11.7 Å². The topological polar surface area (TPSA) is 16.1 Å². The molecule has 0 aliphatic carbocycles. The summed E-state index contributed by atoms with van der Waals surface area (Å²) in [6.07, 6.45) is 1.90. The summed E-state index contributed by atoms with van der Waals surface area (Å²) in [7, 11) is 0. The van der Waals surface area contributed by atoms with E-state index in [0.717, 1.165) is 5.52 Å². The van der Waals surface area contributed by atoms with Crippen LogP contribution in [0.5, 0.6) is 0 Å². The van der Waals surface area contributed by atoms with Crippen molar-refractivity contribution >= 4 is 94.2 Å². The van der Waals surface area contributed by atoms with Gasteiger partial charge in [-0.15, -0.1) is 0 Å². The molecule has 44 heavy (non-hydrogen) atoms. The molecule has 0 amide bonds. The zero-order valence-electron chi connectivity index (χ0n) is 23.8. The van der Waals surface area contributed by atoms with Gasteiger partial charge in [-0.3, -0.25) is 4.98 Å². The Morgan fingerprint density at radius 3 is 2.07 bits per heavy atom. The highest BCUT2D eigenvalue weighted by atomic mass is 15.2. The first-order valence-corrected chi connectivity index (χ1v) is 15.3. The molecule has 1 aromatic heterocycles. The standard InChI is InChI=1S/C41H23BN2/c1-2-7-28-22-38-34(21-27(28)6-1)42-33-23-35-29(10-5-19-43-35)20-32(33)30-11-4-12-37(41(30)42)44(38)36-18-16-26-14-13-24-8-3-9-25-15-17-31(36)40(26)39(24)25/h1-23H. The van der Waals surface area contributed by atoms with Gasteiger partial charge in [0, 0.05) is 28.3 Å². The second-order valence-electron chi connectivity index (χ2n) is 12.3. The molecule has 2 aliphatic rings. The van der Waals surface area contributed by atoms with Crippen molar-refractivity contribution in [1.82, 2.24) is 4.98 Å². The average molecular weight is 554 g/mol. The molecule has 8 aromatic carbocycles. The molecule has 0 bridgehead atoms. The lowest BCUT2D eigenvalue weighted by Crippen LogP contribution is -2.54. The van der Waals surface area contributed by atoms with Gasteiger partial charge in [0.2, 0.25) is 6.71 Å². The summed E-state index contributed by atoms with van der Waals surface area (Å²) < 4.78 is 0. The van der Waals surface area contributed by atoms with Crippen LogP contribution < -0.4 is 21.3 Å². The van der Waals surface area contributed by atoms with E-state index in [1.165, 1.54) is 93.1 Å². The summed E-state index contributed by atoms with van der Waals surface area (Å²) in [5.41, 5.74) is 11.5. The second-order valence-corrected chi connectivity index (χ2v) is 12.3. The minimum atomic E-state index is 0.151. The summed E-state index contributed by atoms with van der Waals surface area (Å²) in [5.74, 6) is 0. The van der Waals surface area contributed by atoms with E-state index in [0.29, 0.717) is 0 Å². The molecular formula is C41H23BN2. The molecule has 11 rings (SSSR count). The van der Waals surface area contributed by atoms with E-state index >= 15 is 0 Å². The monoisotopic (exact) mass is 554 g/mol. The summed E-state index contributed by atoms with van der Waals surface area (Å²) in [6, 6.07) is 49.9. The molecule has 2 nitrogen and oxygen atoms in total. The Hall–Kier alpha value is -5.67. The molecule has 3 heteroatoms. The molecule has 0 saturated heterocycles. The van der Waals surface area contributed by atoms with Gasteiger partial charge in [0.25, 0.3) is 0 Å². The Morgan fingerprint density at radius 1 is 0.455 bits per heavy atom. The van der Waals surface area contributed by atoms with Gasteiger partial charge in [-0.05, 0) is 96.2 Å². The van der Waals surface area contributed by atoms with Crippen molar-refractivity contribution in [1.29, 1.82) is 0 Å². The Kier molecular flexibility index (Phi) is 4.18. The van der Waals surface area contributed by atoms with Gasteiger partial charge in [0.15, 0.2) is 0 Å². The van der Waals surface area contributed by atoms with Crippen LogP contribution in [0.25, 0.3) is 65.1 Å². The molecule has 0 radical (unpaired) electrons. The molecule has 0 atom stereocenters. The molecule has 2 aliphatic heterocycles. The summed E-state index contributed by atoms with van der Waals surface area (Å²) in [6.45, 7) is 0.151.